The molecule has 0 atom stereocenters. The zero-order chi connectivity index (χ0) is 13.8. The van der Waals surface area contributed by atoms with Gasteiger partial charge in [-0.15, -0.1) is 0 Å². The highest BCUT2D eigenvalue weighted by Gasteiger charge is 2.12. The van der Waals surface area contributed by atoms with E-state index in [0.29, 0.717) is 23.6 Å². The van der Waals surface area contributed by atoms with E-state index in [0.717, 1.165) is 5.56 Å². The van der Waals surface area contributed by atoms with Crippen molar-refractivity contribution < 1.29 is 14.3 Å². The molecule has 0 fully saturated rings. The molecule has 0 spiro atoms. The van der Waals surface area contributed by atoms with Crippen molar-refractivity contribution in [1.29, 1.82) is 0 Å². The van der Waals surface area contributed by atoms with Crippen molar-refractivity contribution in [3.8, 4) is 11.5 Å². The van der Waals surface area contributed by atoms with Crippen LogP contribution in [0.1, 0.15) is 16.1 Å². The quantitative estimate of drug-likeness (QED) is 0.770. The minimum Gasteiger partial charge on any atom is -0.493 e. The van der Waals surface area contributed by atoms with E-state index < -0.39 is 0 Å². The number of ether oxygens (including phenoxy) is 2. The third-order valence-electron chi connectivity index (χ3n) is 2.92. The third-order valence-corrected chi connectivity index (χ3v) is 2.92. The van der Waals surface area contributed by atoms with Crippen LogP contribution in [-0.2, 0) is 13.5 Å². The Bertz CT molecular complexity index is 590. The largest absolute Gasteiger partial charge is 0.493 e. The SMILES string of the molecule is COc1ccc(CC(=O)c2ccnn2C)cc1OC. The number of methoxy groups -OCH3 is 2. The first-order chi connectivity index (χ1) is 9.15. The molecule has 1 aromatic carbocycles. The van der Waals surface area contributed by atoms with Crippen molar-refractivity contribution in [2.45, 2.75) is 6.42 Å². The van der Waals surface area contributed by atoms with E-state index in [1.165, 1.54) is 0 Å². The molecule has 0 radical (unpaired) electrons. The molecule has 0 N–H and O–H groups in total. The van der Waals surface area contributed by atoms with Crippen LogP contribution in [0.4, 0.5) is 0 Å². The fourth-order valence-electron chi connectivity index (χ4n) is 1.91. The number of rotatable bonds is 5. The Kier molecular flexibility index (Phi) is 3.85. The summed E-state index contributed by atoms with van der Waals surface area (Å²) in [6.45, 7) is 0. The zero-order valence-corrected chi connectivity index (χ0v) is 11.2. The minimum atomic E-state index is 0.0206. The normalized spacial score (nSPS) is 10.3. The van der Waals surface area contributed by atoms with Crippen molar-refractivity contribution in [2.75, 3.05) is 14.2 Å². The van der Waals surface area contributed by atoms with Crippen molar-refractivity contribution >= 4 is 5.78 Å². The number of nitrogens with zero attached hydrogens (tertiary/aromatic N) is 2. The molecule has 0 aliphatic rings. The predicted molar refractivity (Wildman–Crippen MR) is 70.8 cm³/mol. The van der Waals surface area contributed by atoms with Crippen LogP contribution >= 0.6 is 0 Å². The zero-order valence-electron chi connectivity index (χ0n) is 11.2. The maximum absolute atomic E-state index is 12.1. The molecule has 0 saturated heterocycles. The summed E-state index contributed by atoms with van der Waals surface area (Å²) in [6.07, 6.45) is 1.92. The van der Waals surface area contributed by atoms with Crippen LogP contribution in [0.5, 0.6) is 11.5 Å². The molecule has 0 saturated carbocycles. The fourth-order valence-corrected chi connectivity index (χ4v) is 1.91. The van der Waals surface area contributed by atoms with Crippen molar-refractivity contribution in [3.05, 3.63) is 41.7 Å². The Balaban J connectivity index is 2.20. The third kappa shape index (κ3) is 2.76. The number of aromatic nitrogens is 2. The summed E-state index contributed by atoms with van der Waals surface area (Å²) >= 11 is 0. The van der Waals surface area contributed by atoms with Crippen molar-refractivity contribution in [3.63, 3.8) is 0 Å². The lowest BCUT2D eigenvalue weighted by atomic mass is 10.1. The first-order valence-corrected chi connectivity index (χ1v) is 5.88. The second kappa shape index (κ2) is 5.56. The molecule has 0 amide bonds. The van der Waals surface area contributed by atoms with Gasteiger partial charge in [-0.1, -0.05) is 6.07 Å². The van der Waals surface area contributed by atoms with Gasteiger partial charge in [0.1, 0.15) is 5.69 Å². The fraction of sp³-hybridized carbons (Fsp3) is 0.286. The van der Waals surface area contributed by atoms with Crippen LogP contribution in [0, 0.1) is 0 Å². The van der Waals surface area contributed by atoms with Crippen molar-refractivity contribution in [2.24, 2.45) is 7.05 Å². The topological polar surface area (TPSA) is 53.3 Å². The lowest BCUT2D eigenvalue weighted by Crippen LogP contribution is -2.09. The monoisotopic (exact) mass is 260 g/mol. The van der Waals surface area contributed by atoms with Crippen molar-refractivity contribution in [1.82, 2.24) is 9.78 Å². The second-order valence-electron chi connectivity index (χ2n) is 4.13. The number of carbonyl (C=O) groups excluding carboxylic acids is 1. The number of hydrogen-bond donors (Lipinski definition) is 0. The van der Waals surface area contributed by atoms with E-state index in [4.69, 9.17) is 9.47 Å². The highest BCUT2D eigenvalue weighted by atomic mass is 16.5. The van der Waals surface area contributed by atoms with Gasteiger partial charge in [-0.05, 0) is 23.8 Å². The number of aryl methyl sites for hydroxylation is 1. The van der Waals surface area contributed by atoms with E-state index in [2.05, 4.69) is 5.10 Å². The van der Waals surface area contributed by atoms with E-state index in [1.54, 1.807) is 44.3 Å². The highest BCUT2D eigenvalue weighted by Crippen LogP contribution is 2.27. The van der Waals surface area contributed by atoms with Gasteiger partial charge in [0, 0.05) is 19.7 Å². The van der Waals surface area contributed by atoms with Crippen LogP contribution in [-0.4, -0.2) is 29.8 Å². The smallest absolute Gasteiger partial charge is 0.185 e. The standard InChI is InChI=1S/C14H16N2O3/c1-16-11(6-7-15-16)12(17)8-10-4-5-13(18-2)14(9-10)19-3/h4-7,9H,8H2,1-3H3. The van der Waals surface area contributed by atoms with Gasteiger partial charge in [0.2, 0.25) is 0 Å². The van der Waals surface area contributed by atoms with E-state index >= 15 is 0 Å². The summed E-state index contributed by atoms with van der Waals surface area (Å²) < 4.78 is 12.0. The minimum absolute atomic E-state index is 0.0206. The molecule has 5 nitrogen and oxygen atoms in total. The maximum atomic E-state index is 12.1. The van der Waals surface area contributed by atoms with Gasteiger partial charge in [0.25, 0.3) is 0 Å². The Morgan fingerprint density at radius 2 is 1.95 bits per heavy atom. The van der Waals surface area contributed by atoms with Crippen LogP contribution < -0.4 is 9.47 Å². The van der Waals surface area contributed by atoms with Gasteiger partial charge in [-0.2, -0.15) is 5.10 Å². The molecule has 2 rings (SSSR count). The average molecular weight is 260 g/mol. The number of Topliss-reactive ketones (excluding diaryl/α,β-unsaturated/α-hetero) is 1. The first-order valence-electron chi connectivity index (χ1n) is 5.88. The molecule has 0 unspecified atom stereocenters. The van der Waals surface area contributed by atoms with E-state index in [-0.39, 0.29) is 5.78 Å². The lowest BCUT2D eigenvalue weighted by Gasteiger charge is -2.09. The summed E-state index contributed by atoms with van der Waals surface area (Å²) in [4.78, 5) is 12.1. The van der Waals surface area contributed by atoms with Crippen LogP contribution in [0.25, 0.3) is 0 Å². The molecule has 0 aliphatic carbocycles. The molecular weight excluding hydrogens is 244 g/mol. The number of ketones is 1. The van der Waals surface area contributed by atoms with Gasteiger partial charge in [-0.25, -0.2) is 0 Å². The molecular formula is C14H16N2O3. The summed E-state index contributed by atoms with van der Waals surface area (Å²) in [5.74, 6) is 1.30. The Morgan fingerprint density at radius 3 is 2.53 bits per heavy atom. The second-order valence-corrected chi connectivity index (χ2v) is 4.13. The summed E-state index contributed by atoms with van der Waals surface area (Å²) in [5.41, 5.74) is 1.47. The molecule has 100 valence electrons. The predicted octanol–water partition coefficient (Wildman–Crippen LogP) is 1.86. The van der Waals surface area contributed by atoms with Gasteiger partial charge < -0.3 is 9.47 Å². The Labute approximate surface area is 111 Å². The number of carbonyl (C=O) groups is 1. The number of benzene rings is 1. The maximum Gasteiger partial charge on any atom is 0.185 e. The van der Waals surface area contributed by atoms with Gasteiger partial charge in [-0.3, -0.25) is 9.48 Å². The van der Waals surface area contributed by atoms with Crippen LogP contribution in [0.3, 0.4) is 0 Å². The van der Waals surface area contributed by atoms with E-state index in [1.807, 2.05) is 12.1 Å². The highest BCUT2D eigenvalue weighted by molar-refractivity contribution is 5.96. The molecule has 1 aromatic heterocycles. The van der Waals surface area contributed by atoms with Gasteiger partial charge in [0.05, 0.1) is 14.2 Å². The molecule has 19 heavy (non-hydrogen) atoms. The molecule has 1 heterocycles. The summed E-state index contributed by atoms with van der Waals surface area (Å²) in [5, 5.41) is 3.99. The molecule has 0 bridgehead atoms. The van der Waals surface area contributed by atoms with Crippen LogP contribution in [0.15, 0.2) is 30.5 Å². The summed E-state index contributed by atoms with van der Waals surface area (Å²) in [7, 11) is 4.91. The Hall–Kier alpha value is -2.30. The molecule has 2 aromatic rings. The Morgan fingerprint density at radius 1 is 1.21 bits per heavy atom. The lowest BCUT2D eigenvalue weighted by molar-refractivity contribution is 0.0984. The van der Waals surface area contributed by atoms with Gasteiger partial charge >= 0.3 is 0 Å². The molecule has 0 aliphatic heterocycles. The molecule has 5 heteroatoms. The number of hydrogen-bond acceptors (Lipinski definition) is 4. The van der Waals surface area contributed by atoms with Gasteiger partial charge in [0.15, 0.2) is 17.3 Å². The average Bonchev–Trinajstić information content (AvgIpc) is 2.85. The first kappa shape index (κ1) is 13.1. The van der Waals surface area contributed by atoms with E-state index in [9.17, 15) is 4.79 Å². The van der Waals surface area contributed by atoms with Crippen LogP contribution in [0.2, 0.25) is 0 Å². The summed E-state index contributed by atoms with van der Waals surface area (Å²) in [6, 6.07) is 7.18.